The monoisotopic (exact) mass is 258 g/mol. The van der Waals surface area contributed by atoms with Crippen LogP contribution in [0.4, 0.5) is 5.95 Å². The number of benzene rings is 1. The zero-order valence-electron chi connectivity index (χ0n) is 11.0. The summed E-state index contributed by atoms with van der Waals surface area (Å²) in [5.74, 6) is 2.03. The summed E-state index contributed by atoms with van der Waals surface area (Å²) >= 11 is 0. The fourth-order valence-corrected chi connectivity index (χ4v) is 1.56. The number of para-hydroxylation sites is 1. The normalized spacial score (nSPS) is 10.2. The van der Waals surface area contributed by atoms with Crippen molar-refractivity contribution in [3.05, 3.63) is 42.2 Å². The van der Waals surface area contributed by atoms with E-state index < -0.39 is 0 Å². The van der Waals surface area contributed by atoms with Gasteiger partial charge in [-0.1, -0.05) is 18.2 Å². The van der Waals surface area contributed by atoms with E-state index >= 15 is 0 Å². The number of nitrogens with zero attached hydrogens (tertiary/aromatic N) is 2. The predicted molar refractivity (Wildman–Crippen MR) is 75.4 cm³/mol. The number of rotatable bonds is 6. The fraction of sp³-hybridized carbons (Fsp3) is 0.286. The van der Waals surface area contributed by atoms with Crippen LogP contribution in [0.3, 0.4) is 0 Å². The predicted octanol–water partition coefficient (Wildman–Crippen LogP) is 2.34. The highest BCUT2D eigenvalue weighted by Gasteiger charge is 2.02. The van der Waals surface area contributed by atoms with Crippen LogP contribution in [0.1, 0.15) is 12.0 Å². The van der Waals surface area contributed by atoms with E-state index in [9.17, 15) is 0 Å². The van der Waals surface area contributed by atoms with Crippen LogP contribution in [-0.4, -0.2) is 23.1 Å². The molecule has 1 aromatic heterocycles. The lowest BCUT2D eigenvalue weighted by Gasteiger charge is -2.08. The molecular formula is C14H18N4O. The van der Waals surface area contributed by atoms with Crippen molar-refractivity contribution in [1.82, 2.24) is 9.97 Å². The minimum atomic E-state index is 0.589. The van der Waals surface area contributed by atoms with Crippen LogP contribution < -0.4 is 15.8 Å². The number of aryl methyl sites for hydroxylation is 1. The van der Waals surface area contributed by atoms with Crippen LogP contribution in [0, 0.1) is 6.92 Å². The van der Waals surface area contributed by atoms with Crippen LogP contribution in [0.25, 0.3) is 0 Å². The molecule has 0 saturated carbocycles. The van der Waals surface area contributed by atoms with Crippen molar-refractivity contribution in [3.63, 3.8) is 0 Å². The van der Waals surface area contributed by atoms with Crippen LogP contribution in [0.5, 0.6) is 11.5 Å². The first-order valence-electron chi connectivity index (χ1n) is 6.29. The van der Waals surface area contributed by atoms with Gasteiger partial charge in [-0.25, -0.2) is 9.97 Å². The number of hydrogen-bond donors (Lipinski definition) is 2. The molecule has 0 aliphatic rings. The average molecular weight is 258 g/mol. The van der Waals surface area contributed by atoms with Crippen molar-refractivity contribution in [2.24, 2.45) is 5.73 Å². The molecule has 1 heterocycles. The van der Waals surface area contributed by atoms with E-state index in [1.807, 2.05) is 31.2 Å². The van der Waals surface area contributed by atoms with Gasteiger partial charge in [-0.3, -0.25) is 0 Å². The third-order valence-electron chi connectivity index (χ3n) is 2.61. The van der Waals surface area contributed by atoms with E-state index in [-0.39, 0.29) is 0 Å². The smallest absolute Gasteiger partial charge is 0.222 e. The molecule has 0 amide bonds. The topological polar surface area (TPSA) is 73.1 Å². The van der Waals surface area contributed by atoms with Crippen LogP contribution in [0.2, 0.25) is 0 Å². The number of anilines is 1. The Hall–Kier alpha value is -2.14. The fourth-order valence-electron chi connectivity index (χ4n) is 1.56. The number of hydrogen-bond acceptors (Lipinski definition) is 5. The van der Waals surface area contributed by atoms with E-state index in [1.165, 1.54) is 0 Å². The molecule has 2 rings (SSSR count). The lowest BCUT2D eigenvalue weighted by Crippen LogP contribution is -2.10. The Bertz CT molecular complexity index is 513. The Morgan fingerprint density at radius 1 is 1.21 bits per heavy atom. The lowest BCUT2D eigenvalue weighted by atomic mass is 10.2. The third kappa shape index (κ3) is 3.93. The molecule has 0 aliphatic carbocycles. The minimum Gasteiger partial charge on any atom is -0.454 e. The van der Waals surface area contributed by atoms with Crippen molar-refractivity contribution in [2.75, 3.05) is 18.4 Å². The maximum Gasteiger partial charge on any atom is 0.222 e. The summed E-state index contributed by atoms with van der Waals surface area (Å²) in [6.07, 6.45) is 4.21. The van der Waals surface area contributed by atoms with Gasteiger partial charge >= 0.3 is 0 Å². The second-order valence-electron chi connectivity index (χ2n) is 4.18. The summed E-state index contributed by atoms with van der Waals surface area (Å²) in [7, 11) is 0. The van der Waals surface area contributed by atoms with E-state index in [4.69, 9.17) is 10.5 Å². The minimum absolute atomic E-state index is 0.589. The van der Waals surface area contributed by atoms with Crippen molar-refractivity contribution in [3.8, 4) is 11.5 Å². The largest absolute Gasteiger partial charge is 0.454 e. The first-order chi connectivity index (χ1) is 9.29. The molecule has 0 radical (unpaired) electrons. The van der Waals surface area contributed by atoms with Gasteiger partial charge in [0.25, 0.3) is 0 Å². The van der Waals surface area contributed by atoms with Gasteiger partial charge in [0.1, 0.15) is 5.75 Å². The maximum atomic E-state index is 5.72. The van der Waals surface area contributed by atoms with Crippen molar-refractivity contribution >= 4 is 5.95 Å². The van der Waals surface area contributed by atoms with Gasteiger partial charge in [0.15, 0.2) is 5.75 Å². The zero-order chi connectivity index (χ0) is 13.5. The Labute approximate surface area is 112 Å². The molecule has 5 nitrogen and oxygen atoms in total. The van der Waals surface area contributed by atoms with Crippen LogP contribution >= 0.6 is 0 Å². The molecule has 19 heavy (non-hydrogen) atoms. The molecule has 0 fully saturated rings. The van der Waals surface area contributed by atoms with Gasteiger partial charge in [0.05, 0.1) is 12.4 Å². The Morgan fingerprint density at radius 3 is 2.63 bits per heavy atom. The van der Waals surface area contributed by atoms with Crippen LogP contribution in [-0.2, 0) is 0 Å². The average Bonchev–Trinajstić information content (AvgIpc) is 2.44. The van der Waals surface area contributed by atoms with Gasteiger partial charge in [0, 0.05) is 6.54 Å². The highest BCUT2D eigenvalue weighted by Crippen LogP contribution is 2.23. The maximum absolute atomic E-state index is 5.72. The van der Waals surface area contributed by atoms with Gasteiger partial charge in [-0.2, -0.15) is 0 Å². The summed E-state index contributed by atoms with van der Waals surface area (Å²) in [6, 6.07) is 7.83. The Kier molecular flexibility index (Phi) is 4.69. The van der Waals surface area contributed by atoms with Gasteiger partial charge in [-0.05, 0) is 31.5 Å². The lowest BCUT2D eigenvalue weighted by molar-refractivity contribution is 0.474. The quantitative estimate of drug-likeness (QED) is 0.778. The second-order valence-corrected chi connectivity index (χ2v) is 4.18. The van der Waals surface area contributed by atoms with E-state index in [1.54, 1.807) is 12.4 Å². The molecule has 1 aromatic carbocycles. The van der Waals surface area contributed by atoms with E-state index in [0.717, 1.165) is 24.3 Å². The highest BCUT2D eigenvalue weighted by molar-refractivity contribution is 5.36. The first kappa shape index (κ1) is 13.3. The summed E-state index contributed by atoms with van der Waals surface area (Å²) in [4.78, 5) is 8.38. The molecule has 3 N–H and O–H groups in total. The number of nitrogens with two attached hydrogens (primary N) is 1. The summed E-state index contributed by atoms with van der Waals surface area (Å²) in [5, 5.41) is 3.09. The molecule has 2 aromatic rings. The number of aromatic nitrogens is 2. The van der Waals surface area contributed by atoms with Crippen molar-refractivity contribution < 1.29 is 4.74 Å². The molecule has 0 atom stereocenters. The van der Waals surface area contributed by atoms with Gasteiger partial charge in [-0.15, -0.1) is 0 Å². The summed E-state index contributed by atoms with van der Waals surface area (Å²) in [5.41, 5.74) is 6.49. The van der Waals surface area contributed by atoms with Gasteiger partial charge < -0.3 is 15.8 Å². The van der Waals surface area contributed by atoms with E-state index in [2.05, 4.69) is 15.3 Å². The second kappa shape index (κ2) is 6.70. The summed E-state index contributed by atoms with van der Waals surface area (Å²) in [6.45, 7) is 3.43. The molecule has 5 heteroatoms. The first-order valence-corrected chi connectivity index (χ1v) is 6.29. The molecule has 100 valence electrons. The summed E-state index contributed by atoms with van der Waals surface area (Å²) < 4.78 is 5.72. The van der Waals surface area contributed by atoms with Gasteiger partial charge in [0.2, 0.25) is 5.95 Å². The highest BCUT2D eigenvalue weighted by atomic mass is 16.5. The molecule has 0 unspecified atom stereocenters. The Morgan fingerprint density at radius 2 is 1.95 bits per heavy atom. The third-order valence-corrected chi connectivity index (χ3v) is 2.61. The standard InChI is InChI=1S/C14H18N4O/c1-11-5-2-3-6-13(11)19-12-9-17-14(18-10-12)16-8-4-7-15/h2-3,5-6,9-10H,4,7-8,15H2,1H3,(H,16,17,18). The molecule has 0 saturated heterocycles. The molecule has 0 aliphatic heterocycles. The van der Waals surface area contributed by atoms with Crippen molar-refractivity contribution in [1.29, 1.82) is 0 Å². The van der Waals surface area contributed by atoms with E-state index in [0.29, 0.717) is 18.2 Å². The SMILES string of the molecule is Cc1ccccc1Oc1cnc(NCCCN)nc1. The van der Waals surface area contributed by atoms with Crippen molar-refractivity contribution in [2.45, 2.75) is 13.3 Å². The Balaban J connectivity index is 1.97. The molecular weight excluding hydrogens is 240 g/mol. The molecule has 0 spiro atoms. The zero-order valence-corrected chi connectivity index (χ0v) is 11.0. The number of nitrogens with one attached hydrogen (secondary N) is 1. The molecule has 0 bridgehead atoms. The van der Waals surface area contributed by atoms with Crippen LogP contribution in [0.15, 0.2) is 36.7 Å². The number of ether oxygens (including phenoxy) is 1.